The van der Waals surface area contributed by atoms with Crippen LogP contribution in [0.25, 0.3) is 22.6 Å². The summed E-state index contributed by atoms with van der Waals surface area (Å²) in [6.07, 6.45) is 3.90. The van der Waals surface area contributed by atoms with Gasteiger partial charge in [-0.1, -0.05) is 35.5 Å². The molecular weight excluding hydrogens is 344 g/mol. The summed E-state index contributed by atoms with van der Waals surface area (Å²) in [6, 6.07) is 14.0. The lowest BCUT2D eigenvalue weighted by atomic mass is 9.98. The second-order valence-electron chi connectivity index (χ2n) is 6.34. The third-order valence-electron chi connectivity index (χ3n) is 4.70. The number of rotatable bonds is 4. The van der Waals surface area contributed by atoms with E-state index < -0.39 is 5.97 Å². The zero-order valence-corrected chi connectivity index (χ0v) is 14.4. The molecule has 2 aromatic carbocycles. The molecule has 1 aromatic heterocycles. The molecule has 1 aliphatic heterocycles. The molecule has 7 nitrogen and oxygen atoms in total. The second-order valence-corrected chi connectivity index (χ2v) is 6.34. The number of hydrogen-bond acceptors (Lipinski definition) is 6. The quantitative estimate of drug-likeness (QED) is 0.707. The minimum Gasteiger partial charge on any atom is -0.478 e. The van der Waals surface area contributed by atoms with E-state index in [1.165, 1.54) is 0 Å². The fraction of sp³-hybridized carbons (Fsp3) is 0.200. The van der Waals surface area contributed by atoms with Gasteiger partial charge in [0.1, 0.15) is 6.04 Å². The van der Waals surface area contributed by atoms with E-state index in [2.05, 4.69) is 16.3 Å². The molecule has 1 atom stereocenters. The van der Waals surface area contributed by atoms with Crippen molar-refractivity contribution in [3.8, 4) is 28.8 Å². The Labute approximate surface area is 155 Å². The normalized spacial score (nSPS) is 16.3. The zero-order chi connectivity index (χ0) is 18.8. The minimum atomic E-state index is -0.978. The van der Waals surface area contributed by atoms with E-state index in [1.807, 2.05) is 24.3 Å². The van der Waals surface area contributed by atoms with Crippen LogP contribution in [0.2, 0.25) is 0 Å². The lowest BCUT2D eigenvalue weighted by Gasteiger charge is -2.13. The third kappa shape index (κ3) is 3.13. The van der Waals surface area contributed by atoms with Crippen LogP contribution in [0.4, 0.5) is 0 Å². The number of nitriles is 1. The molecule has 7 heteroatoms. The molecule has 1 aliphatic rings. The average Bonchev–Trinajstić information content (AvgIpc) is 3.37. The number of carboxylic acid groups (broad SMARTS) is 1. The zero-order valence-electron chi connectivity index (χ0n) is 14.4. The van der Waals surface area contributed by atoms with Gasteiger partial charge in [-0.15, -0.1) is 0 Å². The average molecular weight is 360 g/mol. The molecule has 0 saturated carbocycles. The summed E-state index contributed by atoms with van der Waals surface area (Å²) >= 11 is 0. The summed E-state index contributed by atoms with van der Waals surface area (Å²) < 4.78 is 5.41. The van der Waals surface area contributed by atoms with Crippen molar-refractivity contribution in [2.24, 2.45) is 0 Å². The van der Waals surface area contributed by atoms with Crippen molar-refractivity contribution in [3.05, 3.63) is 59.9 Å². The van der Waals surface area contributed by atoms with E-state index in [1.54, 1.807) is 29.2 Å². The van der Waals surface area contributed by atoms with Crippen LogP contribution in [-0.4, -0.2) is 32.7 Å². The summed E-state index contributed by atoms with van der Waals surface area (Å²) in [5.41, 5.74) is 2.31. The number of aromatic carboxylic acids is 1. The molecular formula is C20H16N4O3. The largest absolute Gasteiger partial charge is 0.478 e. The van der Waals surface area contributed by atoms with Gasteiger partial charge in [0.05, 0.1) is 5.56 Å². The van der Waals surface area contributed by atoms with Crippen LogP contribution in [0.5, 0.6) is 0 Å². The minimum absolute atomic E-state index is 0.150. The molecule has 0 bridgehead atoms. The fourth-order valence-corrected chi connectivity index (χ4v) is 3.38. The van der Waals surface area contributed by atoms with Crippen LogP contribution in [0.1, 0.15) is 35.1 Å². The highest BCUT2D eigenvalue weighted by Crippen LogP contribution is 2.32. The molecule has 0 radical (unpaired) electrons. The first-order valence-electron chi connectivity index (χ1n) is 8.60. The number of aromatic nitrogens is 2. The first-order chi connectivity index (χ1) is 13.2. The highest BCUT2D eigenvalue weighted by molar-refractivity contribution is 5.96. The SMILES string of the molecule is N#CN1CCCC1c1noc(-c2cccc(-c3ccccc3C(=O)O)c2)n1. The van der Waals surface area contributed by atoms with Gasteiger partial charge in [0.15, 0.2) is 12.0 Å². The van der Waals surface area contributed by atoms with Crippen molar-refractivity contribution in [1.29, 1.82) is 5.26 Å². The first kappa shape index (κ1) is 16.8. The predicted molar refractivity (Wildman–Crippen MR) is 96.4 cm³/mol. The molecule has 3 aromatic rings. The summed E-state index contributed by atoms with van der Waals surface area (Å²) in [5.74, 6) is -0.126. The summed E-state index contributed by atoms with van der Waals surface area (Å²) in [5, 5.41) is 22.7. The number of benzene rings is 2. The highest BCUT2D eigenvalue weighted by Gasteiger charge is 2.29. The molecule has 4 rings (SSSR count). The lowest BCUT2D eigenvalue weighted by molar-refractivity contribution is 0.0697. The monoisotopic (exact) mass is 360 g/mol. The van der Waals surface area contributed by atoms with Gasteiger partial charge in [0.2, 0.25) is 0 Å². The summed E-state index contributed by atoms with van der Waals surface area (Å²) in [6.45, 7) is 0.701. The number of carbonyl (C=O) groups is 1. The van der Waals surface area contributed by atoms with Crippen molar-refractivity contribution in [2.75, 3.05) is 6.54 Å². The first-order valence-corrected chi connectivity index (χ1v) is 8.60. The number of nitrogens with zero attached hydrogens (tertiary/aromatic N) is 4. The molecule has 1 fully saturated rings. The van der Waals surface area contributed by atoms with Crippen LogP contribution >= 0.6 is 0 Å². The van der Waals surface area contributed by atoms with Crippen molar-refractivity contribution >= 4 is 5.97 Å². The van der Waals surface area contributed by atoms with Crippen LogP contribution in [-0.2, 0) is 0 Å². The van der Waals surface area contributed by atoms with Gasteiger partial charge in [-0.25, -0.2) is 4.79 Å². The van der Waals surface area contributed by atoms with E-state index in [-0.39, 0.29) is 11.6 Å². The van der Waals surface area contributed by atoms with Gasteiger partial charge < -0.3 is 9.63 Å². The van der Waals surface area contributed by atoms with Crippen molar-refractivity contribution in [2.45, 2.75) is 18.9 Å². The Morgan fingerprint density at radius 3 is 2.85 bits per heavy atom. The molecule has 134 valence electrons. The summed E-state index contributed by atoms with van der Waals surface area (Å²) in [7, 11) is 0. The third-order valence-corrected chi connectivity index (χ3v) is 4.70. The Morgan fingerprint density at radius 1 is 1.22 bits per heavy atom. The molecule has 1 unspecified atom stereocenters. The number of carboxylic acids is 1. The van der Waals surface area contributed by atoms with Gasteiger partial charge in [-0.05, 0) is 42.2 Å². The van der Waals surface area contributed by atoms with E-state index in [0.717, 1.165) is 18.4 Å². The molecule has 0 amide bonds. The smallest absolute Gasteiger partial charge is 0.336 e. The predicted octanol–water partition coefficient (Wildman–Crippen LogP) is 3.72. The van der Waals surface area contributed by atoms with Crippen molar-refractivity contribution in [3.63, 3.8) is 0 Å². The van der Waals surface area contributed by atoms with Gasteiger partial charge in [-0.2, -0.15) is 10.2 Å². The van der Waals surface area contributed by atoms with Gasteiger partial charge in [-0.3, -0.25) is 4.90 Å². The maximum atomic E-state index is 11.5. The Balaban J connectivity index is 1.69. The topological polar surface area (TPSA) is 103 Å². The van der Waals surface area contributed by atoms with E-state index in [9.17, 15) is 15.2 Å². The van der Waals surface area contributed by atoms with Gasteiger partial charge in [0, 0.05) is 12.1 Å². The molecule has 27 heavy (non-hydrogen) atoms. The Morgan fingerprint density at radius 2 is 2.04 bits per heavy atom. The maximum Gasteiger partial charge on any atom is 0.336 e. The van der Waals surface area contributed by atoms with Crippen LogP contribution in [0, 0.1) is 11.5 Å². The fourth-order valence-electron chi connectivity index (χ4n) is 3.38. The van der Waals surface area contributed by atoms with Crippen LogP contribution < -0.4 is 0 Å². The highest BCUT2D eigenvalue weighted by atomic mass is 16.5. The standard InChI is InChI=1S/C20H16N4O3/c21-12-24-10-4-9-17(24)18-22-19(27-23-18)14-6-3-5-13(11-14)15-7-1-2-8-16(15)20(25)26/h1-3,5-8,11,17H,4,9-10H2,(H,25,26). The molecule has 1 saturated heterocycles. The molecule has 2 heterocycles. The number of likely N-dealkylation sites (tertiary alicyclic amines) is 1. The second kappa shape index (κ2) is 6.92. The van der Waals surface area contributed by atoms with Crippen LogP contribution in [0.3, 0.4) is 0 Å². The van der Waals surface area contributed by atoms with E-state index in [4.69, 9.17) is 4.52 Å². The van der Waals surface area contributed by atoms with E-state index in [0.29, 0.717) is 29.4 Å². The van der Waals surface area contributed by atoms with E-state index >= 15 is 0 Å². The van der Waals surface area contributed by atoms with Gasteiger partial charge >= 0.3 is 5.97 Å². The van der Waals surface area contributed by atoms with Crippen LogP contribution in [0.15, 0.2) is 53.1 Å². The lowest BCUT2D eigenvalue weighted by Crippen LogP contribution is -2.17. The Hall–Kier alpha value is -3.66. The Kier molecular flexibility index (Phi) is 4.30. The Bertz CT molecular complexity index is 1040. The molecule has 1 N–H and O–H groups in total. The number of hydrogen-bond donors (Lipinski definition) is 1. The molecule has 0 aliphatic carbocycles. The molecule has 0 spiro atoms. The summed E-state index contributed by atoms with van der Waals surface area (Å²) in [4.78, 5) is 17.6. The maximum absolute atomic E-state index is 11.5. The van der Waals surface area contributed by atoms with Crippen molar-refractivity contribution < 1.29 is 14.4 Å². The van der Waals surface area contributed by atoms with Crippen molar-refractivity contribution in [1.82, 2.24) is 15.0 Å². The van der Waals surface area contributed by atoms with Gasteiger partial charge in [0.25, 0.3) is 5.89 Å².